The third kappa shape index (κ3) is 1.29. The molecule has 4 rings (SSSR count). The first-order valence-corrected chi connectivity index (χ1v) is 7.01. The molecule has 0 bridgehead atoms. The quantitative estimate of drug-likeness (QED) is 0.598. The van der Waals surface area contributed by atoms with Crippen molar-refractivity contribution in [3.63, 3.8) is 0 Å². The standard InChI is InChI=1S/C16H11I/c17-11-8-10-4-3-7-14-12-5-1-2-6-13(12)15(9-11)16(10)14/h1-8,15H,9H2. The molecule has 1 unspecified atom stereocenters. The molecule has 0 saturated carbocycles. The molecular formula is C16H11I. The number of allylic oxidation sites excluding steroid dienone is 1. The van der Waals surface area contributed by atoms with E-state index in [1.165, 1.54) is 32.3 Å². The number of fused-ring (bicyclic) bond motifs is 3. The van der Waals surface area contributed by atoms with Gasteiger partial charge in [-0.3, -0.25) is 0 Å². The van der Waals surface area contributed by atoms with Crippen LogP contribution in [0.1, 0.15) is 29.0 Å². The van der Waals surface area contributed by atoms with Crippen molar-refractivity contribution in [3.8, 4) is 11.1 Å². The van der Waals surface area contributed by atoms with Gasteiger partial charge in [0.2, 0.25) is 0 Å². The van der Waals surface area contributed by atoms with Gasteiger partial charge in [-0.25, -0.2) is 0 Å². The lowest BCUT2D eigenvalue weighted by molar-refractivity contribution is 0.840. The maximum absolute atomic E-state index is 2.48. The molecule has 0 aliphatic heterocycles. The number of rotatable bonds is 0. The zero-order valence-corrected chi connectivity index (χ0v) is 11.4. The van der Waals surface area contributed by atoms with Crippen molar-refractivity contribution in [2.75, 3.05) is 0 Å². The van der Waals surface area contributed by atoms with E-state index in [1.54, 1.807) is 5.56 Å². The summed E-state index contributed by atoms with van der Waals surface area (Å²) < 4.78 is 1.47. The first-order valence-electron chi connectivity index (χ1n) is 5.93. The Kier molecular flexibility index (Phi) is 2.01. The predicted molar refractivity (Wildman–Crippen MR) is 80.3 cm³/mol. The van der Waals surface area contributed by atoms with E-state index in [4.69, 9.17) is 0 Å². The smallest absolute Gasteiger partial charge is 0.0152 e. The number of halogens is 1. The highest BCUT2D eigenvalue weighted by atomic mass is 127. The molecule has 1 heteroatoms. The van der Waals surface area contributed by atoms with Gasteiger partial charge in [0.15, 0.2) is 0 Å². The number of hydrogen-bond acceptors (Lipinski definition) is 0. The van der Waals surface area contributed by atoms with Gasteiger partial charge in [-0.2, -0.15) is 0 Å². The molecule has 0 aromatic heterocycles. The van der Waals surface area contributed by atoms with Crippen LogP contribution in [-0.2, 0) is 0 Å². The van der Waals surface area contributed by atoms with E-state index in [0.29, 0.717) is 5.92 Å². The van der Waals surface area contributed by atoms with E-state index in [0.717, 1.165) is 0 Å². The molecule has 0 fully saturated rings. The van der Waals surface area contributed by atoms with Gasteiger partial charge in [0.05, 0.1) is 0 Å². The monoisotopic (exact) mass is 330 g/mol. The minimum atomic E-state index is 0.592. The largest absolute Gasteiger partial charge is 0.0619 e. The number of hydrogen-bond donors (Lipinski definition) is 0. The van der Waals surface area contributed by atoms with Crippen LogP contribution in [0.4, 0.5) is 0 Å². The van der Waals surface area contributed by atoms with Gasteiger partial charge in [-0.1, -0.05) is 42.5 Å². The molecular weight excluding hydrogens is 319 g/mol. The average molecular weight is 330 g/mol. The fourth-order valence-electron chi connectivity index (χ4n) is 3.17. The fourth-order valence-corrected chi connectivity index (χ4v) is 3.94. The Bertz CT molecular complexity index is 652. The van der Waals surface area contributed by atoms with Crippen LogP contribution in [0.2, 0.25) is 0 Å². The summed E-state index contributed by atoms with van der Waals surface area (Å²) in [6.07, 6.45) is 3.50. The fraction of sp³-hybridized carbons (Fsp3) is 0.125. The molecule has 17 heavy (non-hydrogen) atoms. The van der Waals surface area contributed by atoms with E-state index in [9.17, 15) is 0 Å². The van der Waals surface area contributed by atoms with Crippen molar-refractivity contribution < 1.29 is 0 Å². The Morgan fingerprint density at radius 1 is 0.941 bits per heavy atom. The molecule has 0 spiro atoms. The van der Waals surface area contributed by atoms with Gasteiger partial charge in [-0.05, 0) is 66.5 Å². The Balaban J connectivity index is 2.11. The summed E-state index contributed by atoms with van der Waals surface area (Å²) in [4.78, 5) is 0. The summed E-state index contributed by atoms with van der Waals surface area (Å²) in [5, 5.41) is 0. The van der Waals surface area contributed by atoms with E-state index in [2.05, 4.69) is 71.1 Å². The average Bonchev–Trinajstić information content (AvgIpc) is 2.67. The molecule has 2 aromatic carbocycles. The highest BCUT2D eigenvalue weighted by molar-refractivity contribution is 14.1. The molecule has 0 heterocycles. The van der Waals surface area contributed by atoms with Crippen LogP contribution >= 0.6 is 22.6 Å². The van der Waals surface area contributed by atoms with Gasteiger partial charge < -0.3 is 0 Å². The Labute approximate surface area is 115 Å². The van der Waals surface area contributed by atoms with E-state index in [-0.39, 0.29) is 0 Å². The van der Waals surface area contributed by atoms with Crippen LogP contribution in [0.25, 0.3) is 17.2 Å². The van der Waals surface area contributed by atoms with E-state index in [1.807, 2.05) is 0 Å². The SMILES string of the molecule is IC1=Cc2cccc3c2C(C1)c1ccccc1-3. The van der Waals surface area contributed by atoms with Gasteiger partial charge in [0.25, 0.3) is 0 Å². The van der Waals surface area contributed by atoms with Crippen molar-refractivity contribution in [2.24, 2.45) is 0 Å². The lowest BCUT2D eigenvalue weighted by Gasteiger charge is -2.20. The Hall–Kier alpha value is -1.09. The maximum atomic E-state index is 2.48. The molecule has 0 saturated heterocycles. The molecule has 0 radical (unpaired) electrons. The molecule has 0 nitrogen and oxygen atoms in total. The van der Waals surface area contributed by atoms with E-state index < -0.39 is 0 Å². The lowest BCUT2D eigenvalue weighted by Crippen LogP contribution is -2.03. The van der Waals surface area contributed by atoms with Crippen molar-refractivity contribution in [1.29, 1.82) is 0 Å². The van der Waals surface area contributed by atoms with Crippen LogP contribution < -0.4 is 0 Å². The molecule has 2 aromatic rings. The Morgan fingerprint density at radius 3 is 2.71 bits per heavy atom. The van der Waals surface area contributed by atoms with Crippen LogP contribution in [0.3, 0.4) is 0 Å². The number of benzene rings is 2. The summed E-state index contributed by atoms with van der Waals surface area (Å²) in [5.74, 6) is 0.592. The van der Waals surface area contributed by atoms with Gasteiger partial charge >= 0.3 is 0 Å². The van der Waals surface area contributed by atoms with Gasteiger partial charge in [0, 0.05) is 5.92 Å². The van der Waals surface area contributed by atoms with Gasteiger partial charge in [0.1, 0.15) is 0 Å². The van der Waals surface area contributed by atoms with Crippen LogP contribution in [0.5, 0.6) is 0 Å². The molecule has 1 atom stereocenters. The van der Waals surface area contributed by atoms with Crippen molar-refractivity contribution in [3.05, 3.63) is 62.7 Å². The minimum Gasteiger partial charge on any atom is -0.0619 e. The first kappa shape index (κ1) is 9.89. The maximum Gasteiger partial charge on any atom is 0.0152 e. The Morgan fingerprint density at radius 2 is 1.76 bits per heavy atom. The zero-order valence-electron chi connectivity index (χ0n) is 9.28. The summed E-state index contributed by atoms with van der Waals surface area (Å²) >= 11 is 2.48. The molecule has 2 aliphatic carbocycles. The third-order valence-corrected chi connectivity index (χ3v) is 4.58. The summed E-state index contributed by atoms with van der Waals surface area (Å²) in [6.45, 7) is 0. The normalized spacial score (nSPS) is 19.6. The van der Waals surface area contributed by atoms with Crippen LogP contribution in [0.15, 0.2) is 46.0 Å². The van der Waals surface area contributed by atoms with Crippen LogP contribution in [0, 0.1) is 0 Å². The topological polar surface area (TPSA) is 0 Å². The highest BCUT2D eigenvalue weighted by Crippen LogP contribution is 2.52. The molecule has 2 aliphatic rings. The summed E-state index contributed by atoms with van der Waals surface area (Å²) in [6, 6.07) is 15.6. The third-order valence-electron chi connectivity index (χ3n) is 3.83. The predicted octanol–water partition coefficient (Wildman–Crippen LogP) is 4.98. The second-order valence-corrected chi connectivity index (χ2v) is 6.13. The summed E-state index contributed by atoms with van der Waals surface area (Å²) in [7, 11) is 0. The molecule has 0 amide bonds. The first-order chi connectivity index (χ1) is 8.34. The van der Waals surface area contributed by atoms with E-state index >= 15 is 0 Å². The highest BCUT2D eigenvalue weighted by Gasteiger charge is 2.32. The lowest BCUT2D eigenvalue weighted by atomic mass is 9.86. The zero-order chi connectivity index (χ0) is 11.4. The molecule has 0 N–H and O–H groups in total. The van der Waals surface area contributed by atoms with Crippen molar-refractivity contribution >= 4 is 28.7 Å². The van der Waals surface area contributed by atoms with Crippen molar-refractivity contribution in [2.45, 2.75) is 12.3 Å². The van der Waals surface area contributed by atoms with Crippen LogP contribution in [-0.4, -0.2) is 0 Å². The van der Waals surface area contributed by atoms with Gasteiger partial charge in [-0.15, -0.1) is 0 Å². The molecule has 82 valence electrons. The second-order valence-electron chi connectivity index (χ2n) is 4.74. The summed E-state index contributed by atoms with van der Waals surface area (Å²) in [5.41, 5.74) is 7.36. The minimum absolute atomic E-state index is 0.592. The second kappa shape index (κ2) is 3.45. The van der Waals surface area contributed by atoms with Crippen molar-refractivity contribution in [1.82, 2.24) is 0 Å².